The summed E-state index contributed by atoms with van der Waals surface area (Å²) in [5, 5.41) is 12.7. The van der Waals surface area contributed by atoms with Gasteiger partial charge >= 0.3 is 0 Å². The van der Waals surface area contributed by atoms with Crippen LogP contribution in [0.1, 0.15) is 113 Å². The maximum Gasteiger partial charge on any atom is 0.259 e. The average molecular weight is 851 g/mol. The Bertz CT molecular complexity index is 2410. The van der Waals surface area contributed by atoms with Gasteiger partial charge in [0, 0.05) is 54.2 Å². The van der Waals surface area contributed by atoms with Crippen molar-refractivity contribution in [1.29, 1.82) is 0 Å². The Morgan fingerprint density at radius 3 is 2.37 bits per heavy atom. The van der Waals surface area contributed by atoms with Crippen LogP contribution in [0.4, 0.5) is 5.69 Å². The van der Waals surface area contributed by atoms with Gasteiger partial charge in [-0.2, -0.15) is 0 Å². The van der Waals surface area contributed by atoms with Crippen LogP contribution in [-0.4, -0.2) is 97.3 Å². The molecule has 4 atom stereocenters. The predicted molar refractivity (Wildman–Crippen MR) is 239 cm³/mol. The van der Waals surface area contributed by atoms with Crippen LogP contribution in [0.25, 0.3) is 0 Å². The van der Waals surface area contributed by atoms with Gasteiger partial charge in [-0.05, 0) is 135 Å². The molecule has 4 aromatic rings. The number of ether oxygens (including phenoxy) is 3. The van der Waals surface area contributed by atoms with Crippen molar-refractivity contribution in [2.75, 3.05) is 57.9 Å². The molecule has 0 radical (unpaired) electrons. The number of carbonyl (C=O) groups excluding carboxylic acids is 3. The highest BCUT2D eigenvalue weighted by atomic mass is 16.5. The van der Waals surface area contributed by atoms with Gasteiger partial charge < -0.3 is 34.0 Å². The summed E-state index contributed by atoms with van der Waals surface area (Å²) in [6.07, 6.45) is 8.89. The fourth-order valence-electron chi connectivity index (χ4n) is 12.4. The number of fused-ring (bicyclic) bond motifs is 5. The molecule has 7 aliphatic rings. The number of aryl methyl sites for hydroxylation is 1. The molecule has 4 fully saturated rings. The largest absolute Gasteiger partial charge is 0.508 e. The molecule has 6 heterocycles. The van der Waals surface area contributed by atoms with Crippen LogP contribution < -0.4 is 19.7 Å². The number of carbonyl (C=O) groups is 3. The number of amides is 3. The van der Waals surface area contributed by atoms with Crippen molar-refractivity contribution in [2.45, 2.75) is 99.6 Å². The third-order valence-corrected chi connectivity index (χ3v) is 16.1. The van der Waals surface area contributed by atoms with Crippen molar-refractivity contribution in [3.63, 3.8) is 0 Å². The number of anilines is 1. The zero-order valence-corrected chi connectivity index (χ0v) is 36.3. The van der Waals surface area contributed by atoms with E-state index >= 15 is 0 Å². The number of hydrogen-bond acceptors (Lipinski definition) is 9. The van der Waals surface area contributed by atoms with Crippen molar-refractivity contribution in [3.05, 3.63) is 118 Å². The third-order valence-electron chi connectivity index (χ3n) is 16.1. The Balaban J connectivity index is 0.690. The molecule has 3 amide bonds. The highest BCUT2D eigenvalue weighted by Crippen LogP contribution is 2.53. The van der Waals surface area contributed by atoms with Crippen LogP contribution in [0.3, 0.4) is 0 Å². The number of nitrogens with zero attached hydrogens (tertiary/aromatic N) is 3. The number of nitrogens with one attached hydrogen (secondary N) is 1. The highest BCUT2D eigenvalue weighted by Gasteiger charge is 2.50. The molecular formula is C52H58N4O7. The summed E-state index contributed by atoms with van der Waals surface area (Å²) in [6, 6.07) is 27.5. The molecule has 2 spiro atoms. The summed E-state index contributed by atoms with van der Waals surface area (Å²) >= 11 is 0. The minimum atomic E-state index is -0.685. The van der Waals surface area contributed by atoms with Gasteiger partial charge in [-0.25, -0.2) is 0 Å². The number of rotatable bonds is 7. The monoisotopic (exact) mass is 850 g/mol. The van der Waals surface area contributed by atoms with Crippen LogP contribution in [-0.2, 0) is 32.7 Å². The van der Waals surface area contributed by atoms with E-state index in [4.69, 9.17) is 14.2 Å². The molecule has 328 valence electrons. The van der Waals surface area contributed by atoms with Crippen molar-refractivity contribution in [3.8, 4) is 17.2 Å². The summed E-state index contributed by atoms with van der Waals surface area (Å²) in [4.78, 5) is 45.0. The van der Waals surface area contributed by atoms with Crippen molar-refractivity contribution in [1.82, 2.24) is 15.1 Å². The molecule has 6 aliphatic heterocycles. The van der Waals surface area contributed by atoms with Crippen molar-refractivity contribution < 1.29 is 33.7 Å². The van der Waals surface area contributed by atoms with Crippen molar-refractivity contribution in [2.24, 2.45) is 5.92 Å². The molecule has 1 aliphatic carbocycles. The molecule has 4 saturated heterocycles. The van der Waals surface area contributed by atoms with E-state index in [0.29, 0.717) is 41.9 Å². The summed E-state index contributed by atoms with van der Waals surface area (Å²) in [5.74, 6) is 1.86. The molecule has 1 unspecified atom stereocenters. The van der Waals surface area contributed by atoms with E-state index in [1.54, 1.807) is 12.0 Å². The molecule has 11 heteroatoms. The first kappa shape index (κ1) is 40.4. The van der Waals surface area contributed by atoms with Gasteiger partial charge in [0.05, 0.1) is 38.0 Å². The first-order chi connectivity index (χ1) is 30.7. The Kier molecular flexibility index (Phi) is 10.3. The first-order valence-corrected chi connectivity index (χ1v) is 23.3. The number of imide groups is 1. The second-order valence-corrected chi connectivity index (χ2v) is 19.5. The number of hydrogen-bond donors (Lipinski definition) is 2. The molecule has 11 rings (SSSR count). The van der Waals surface area contributed by atoms with Gasteiger partial charge in [0.2, 0.25) is 11.8 Å². The van der Waals surface area contributed by atoms with E-state index in [1.165, 1.54) is 34.4 Å². The van der Waals surface area contributed by atoms with Gasteiger partial charge in [0.1, 0.15) is 23.3 Å². The van der Waals surface area contributed by atoms with E-state index < -0.39 is 11.9 Å². The Labute approximate surface area is 369 Å². The van der Waals surface area contributed by atoms with Crippen LogP contribution in [0.5, 0.6) is 17.2 Å². The predicted octanol–water partition coefficient (Wildman–Crippen LogP) is 7.22. The molecule has 4 aromatic carbocycles. The summed E-state index contributed by atoms with van der Waals surface area (Å²) < 4.78 is 19.1. The molecular weight excluding hydrogens is 793 g/mol. The zero-order valence-electron chi connectivity index (χ0n) is 36.3. The lowest BCUT2D eigenvalue weighted by molar-refractivity contribution is -0.136. The highest BCUT2D eigenvalue weighted by molar-refractivity contribution is 6.07. The molecule has 0 bridgehead atoms. The Morgan fingerprint density at radius 2 is 1.63 bits per heavy atom. The van der Waals surface area contributed by atoms with Gasteiger partial charge in [0.15, 0.2) is 0 Å². The maximum absolute atomic E-state index is 13.7. The normalized spacial score (nSPS) is 26.3. The third kappa shape index (κ3) is 7.15. The quantitative estimate of drug-likeness (QED) is 0.186. The van der Waals surface area contributed by atoms with Gasteiger partial charge in [-0.3, -0.25) is 19.7 Å². The maximum atomic E-state index is 13.7. The smallest absolute Gasteiger partial charge is 0.259 e. The van der Waals surface area contributed by atoms with E-state index in [9.17, 15) is 19.5 Å². The number of methoxy groups -OCH3 is 1. The topological polar surface area (TPSA) is 121 Å². The lowest BCUT2D eigenvalue weighted by Gasteiger charge is -2.47. The van der Waals surface area contributed by atoms with Crippen LogP contribution in [0.15, 0.2) is 78.9 Å². The zero-order chi connectivity index (χ0) is 42.9. The van der Waals surface area contributed by atoms with E-state index in [1.807, 2.05) is 18.2 Å². The summed E-state index contributed by atoms with van der Waals surface area (Å²) in [6.45, 7) is 6.65. The Hall–Kier alpha value is -5.39. The standard InChI is InChI=1S/C52H58N4O7/c1-61-44-28-42-48(41-30-56(50(60)47(41)44)43-15-16-45(58)53-49(43)59)62-32-51(42)19-23-54(24-20-51)29-33-17-18-52(63-31-33)21-25-55(26-22-52)37-10-7-35(8-11-37)46-39(34-5-3-2-4-6-34)13-9-36-27-38(57)12-14-40(36)46/h2-8,10-12,14,27-28,33,39,43,46,57H,9,13,15-26,29-32H2,1H3,(H,53,58,59)/t33-,39+,43?,46-/m0/s1. The van der Waals surface area contributed by atoms with Crippen LogP contribution >= 0.6 is 0 Å². The van der Waals surface area contributed by atoms with E-state index in [0.717, 1.165) is 101 Å². The first-order valence-electron chi connectivity index (χ1n) is 23.3. The van der Waals surface area contributed by atoms with Gasteiger partial charge in [-0.15, -0.1) is 0 Å². The second kappa shape index (κ2) is 16.0. The van der Waals surface area contributed by atoms with Gasteiger partial charge in [0.25, 0.3) is 5.91 Å². The molecule has 63 heavy (non-hydrogen) atoms. The Morgan fingerprint density at radius 1 is 0.841 bits per heavy atom. The fourth-order valence-corrected chi connectivity index (χ4v) is 12.4. The van der Waals surface area contributed by atoms with Gasteiger partial charge in [-0.1, -0.05) is 48.5 Å². The van der Waals surface area contributed by atoms with E-state index in [-0.39, 0.29) is 41.7 Å². The SMILES string of the molecule is COc1cc2c(c3c1C(=O)N(C1CCC(=O)NC1=O)C3)OCC21CCN(C[C@@H]2CCC3(CCN(c4ccc([C@@H]5c6ccc(O)cc6CC[C@@H]5c5ccccc5)cc4)CC3)OC2)CC1. The summed E-state index contributed by atoms with van der Waals surface area (Å²) in [5.41, 5.74) is 8.82. The number of piperidine rings is 3. The lowest BCUT2D eigenvalue weighted by atomic mass is 9.69. The number of likely N-dealkylation sites (tertiary alicyclic amines) is 1. The minimum absolute atomic E-state index is 0.0292. The minimum Gasteiger partial charge on any atom is -0.508 e. The molecule has 0 aromatic heterocycles. The van der Waals surface area contributed by atoms with E-state index in [2.05, 4.69) is 75.8 Å². The second-order valence-electron chi connectivity index (χ2n) is 19.5. The van der Waals surface area contributed by atoms with Crippen LogP contribution in [0, 0.1) is 5.92 Å². The van der Waals surface area contributed by atoms with Crippen LogP contribution in [0.2, 0.25) is 0 Å². The number of phenolic OH excluding ortho intramolecular Hbond substituents is 1. The molecule has 0 saturated carbocycles. The summed E-state index contributed by atoms with van der Waals surface area (Å²) in [7, 11) is 1.60. The molecule has 11 nitrogen and oxygen atoms in total. The fraction of sp³-hybridized carbons (Fsp3) is 0.481. The van der Waals surface area contributed by atoms with Crippen molar-refractivity contribution >= 4 is 23.4 Å². The number of phenols is 1. The molecule has 2 N–H and O–H groups in total. The lowest BCUT2D eigenvalue weighted by Crippen LogP contribution is -2.52. The average Bonchev–Trinajstić information content (AvgIpc) is 3.84. The number of aromatic hydroxyl groups is 1. The number of benzene rings is 4.